The number of methoxy groups -OCH3 is 1. The van der Waals surface area contributed by atoms with Crippen LogP contribution in [0.3, 0.4) is 0 Å². The molecule has 68 valence electrons. The molecule has 3 heteroatoms. The summed E-state index contributed by atoms with van der Waals surface area (Å²) < 4.78 is 4.54. The van der Waals surface area contributed by atoms with E-state index in [0.717, 1.165) is 11.3 Å². The summed E-state index contributed by atoms with van der Waals surface area (Å²) in [5, 5.41) is 0. The van der Waals surface area contributed by atoms with Crippen LogP contribution in [0.1, 0.15) is 11.3 Å². The van der Waals surface area contributed by atoms with E-state index in [2.05, 4.69) is 16.3 Å². The maximum atomic E-state index is 10.9. The Morgan fingerprint density at radius 1 is 1.77 bits per heavy atom. The van der Waals surface area contributed by atoms with E-state index in [4.69, 9.17) is 0 Å². The maximum Gasteiger partial charge on any atom is 0.309 e. The fourth-order valence-electron chi connectivity index (χ4n) is 0.955. The predicted molar refractivity (Wildman–Crippen MR) is 50.0 cm³/mol. The molecule has 13 heavy (non-hydrogen) atoms. The van der Waals surface area contributed by atoms with Crippen LogP contribution in [0.25, 0.3) is 6.08 Å². The maximum absolute atomic E-state index is 10.9. The van der Waals surface area contributed by atoms with Crippen LogP contribution in [-0.4, -0.2) is 18.1 Å². The van der Waals surface area contributed by atoms with E-state index in [-0.39, 0.29) is 12.4 Å². The molecule has 0 unspecified atom stereocenters. The summed E-state index contributed by atoms with van der Waals surface area (Å²) in [5.41, 5.74) is 1.65. The number of aromatic nitrogens is 1. The molecule has 0 aromatic carbocycles. The van der Waals surface area contributed by atoms with Crippen LogP contribution in [0.2, 0.25) is 0 Å². The number of hydrogen-bond donors (Lipinski definition) is 0. The lowest BCUT2D eigenvalue weighted by molar-refractivity contribution is -0.139. The quantitative estimate of drug-likeness (QED) is 0.656. The van der Waals surface area contributed by atoms with Crippen LogP contribution in [0.5, 0.6) is 0 Å². The van der Waals surface area contributed by atoms with Gasteiger partial charge in [0.2, 0.25) is 0 Å². The zero-order valence-electron chi connectivity index (χ0n) is 7.49. The van der Waals surface area contributed by atoms with Gasteiger partial charge in [0.05, 0.1) is 19.2 Å². The lowest BCUT2D eigenvalue weighted by Crippen LogP contribution is -2.04. The third-order valence-corrected chi connectivity index (χ3v) is 1.63. The van der Waals surface area contributed by atoms with E-state index in [0.29, 0.717) is 0 Å². The van der Waals surface area contributed by atoms with Crippen molar-refractivity contribution in [2.75, 3.05) is 7.11 Å². The van der Waals surface area contributed by atoms with Crippen molar-refractivity contribution in [3.8, 4) is 0 Å². The first-order valence-electron chi connectivity index (χ1n) is 3.90. The van der Waals surface area contributed by atoms with E-state index >= 15 is 0 Å². The Kier molecular flexibility index (Phi) is 3.20. The van der Waals surface area contributed by atoms with Crippen LogP contribution < -0.4 is 0 Å². The van der Waals surface area contributed by atoms with E-state index in [9.17, 15) is 4.79 Å². The third-order valence-electron chi connectivity index (χ3n) is 1.63. The molecule has 0 saturated carbocycles. The molecule has 1 heterocycles. The summed E-state index contributed by atoms with van der Waals surface area (Å²) >= 11 is 0. The topological polar surface area (TPSA) is 39.2 Å². The molecule has 0 aliphatic carbocycles. The van der Waals surface area contributed by atoms with Gasteiger partial charge in [-0.25, -0.2) is 0 Å². The molecule has 0 atom stereocenters. The fraction of sp³-hybridized carbons (Fsp3) is 0.200. The van der Waals surface area contributed by atoms with Crippen LogP contribution >= 0.6 is 0 Å². The van der Waals surface area contributed by atoms with Crippen molar-refractivity contribution in [1.29, 1.82) is 0 Å². The van der Waals surface area contributed by atoms with Gasteiger partial charge in [-0.3, -0.25) is 9.78 Å². The van der Waals surface area contributed by atoms with Gasteiger partial charge < -0.3 is 4.74 Å². The first-order chi connectivity index (χ1) is 6.26. The van der Waals surface area contributed by atoms with Crippen molar-refractivity contribution in [1.82, 2.24) is 4.98 Å². The van der Waals surface area contributed by atoms with Crippen LogP contribution in [0, 0.1) is 0 Å². The van der Waals surface area contributed by atoms with Gasteiger partial charge in [0.25, 0.3) is 0 Å². The summed E-state index contributed by atoms with van der Waals surface area (Å²) in [6.45, 7) is 3.59. The number of carbonyl (C=O) groups is 1. The average Bonchev–Trinajstić information content (AvgIpc) is 2.18. The zero-order chi connectivity index (χ0) is 9.68. The Bertz CT molecular complexity index is 320. The number of rotatable bonds is 3. The predicted octanol–water partition coefficient (Wildman–Crippen LogP) is 1.44. The minimum absolute atomic E-state index is 0.249. The Labute approximate surface area is 77.1 Å². The van der Waals surface area contributed by atoms with Crippen molar-refractivity contribution in [3.63, 3.8) is 0 Å². The Morgan fingerprint density at radius 3 is 3.15 bits per heavy atom. The summed E-state index contributed by atoms with van der Waals surface area (Å²) in [6.07, 6.45) is 3.57. The van der Waals surface area contributed by atoms with Gasteiger partial charge in [0, 0.05) is 6.20 Å². The van der Waals surface area contributed by atoms with Gasteiger partial charge in [-0.05, 0) is 23.8 Å². The zero-order valence-corrected chi connectivity index (χ0v) is 7.49. The second-order valence-corrected chi connectivity index (χ2v) is 2.55. The highest BCUT2D eigenvalue weighted by molar-refractivity contribution is 5.72. The minimum atomic E-state index is -0.249. The first kappa shape index (κ1) is 9.45. The van der Waals surface area contributed by atoms with Crippen molar-refractivity contribution in [2.24, 2.45) is 0 Å². The normalized spacial score (nSPS) is 9.31. The van der Waals surface area contributed by atoms with Crippen molar-refractivity contribution in [2.45, 2.75) is 6.42 Å². The van der Waals surface area contributed by atoms with Gasteiger partial charge in [-0.1, -0.05) is 6.58 Å². The molecule has 1 aromatic rings. The molecule has 0 aliphatic heterocycles. The van der Waals surface area contributed by atoms with Gasteiger partial charge in [0.1, 0.15) is 0 Å². The van der Waals surface area contributed by atoms with Crippen molar-refractivity contribution in [3.05, 3.63) is 36.2 Å². The van der Waals surface area contributed by atoms with Gasteiger partial charge in [-0.15, -0.1) is 0 Å². The largest absolute Gasteiger partial charge is 0.469 e. The molecular formula is C10H11NO2. The Morgan fingerprint density at radius 2 is 2.54 bits per heavy atom. The number of pyridine rings is 1. The highest BCUT2D eigenvalue weighted by Crippen LogP contribution is 2.04. The second-order valence-electron chi connectivity index (χ2n) is 2.55. The van der Waals surface area contributed by atoms with Gasteiger partial charge in [0.15, 0.2) is 0 Å². The molecule has 1 rings (SSSR count). The molecule has 0 bridgehead atoms. The molecule has 0 spiro atoms. The van der Waals surface area contributed by atoms with Crippen molar-refractivity contribution >= 4 is 12.0 Å². The molecule has 0 amide bonds. The number of hydrogen-bond acceptors (Lipinski definition) is 3. The Hall–Kier alpha value is -1.64. The molecule has 3 nitrogen and oxygen atoms in total. The third kappa shape index (κ3) is 2.71. The summed E-state index contributed by atoms with van der Waals surface area (Å²) in [4.78, 5) is 14.9. The lowest BCUT2D eigenvalue weighted by Gasteiger charge is -2.00. The van der Waals surface area contributed by atoms with E-state index in [1.54, 1.807) is 18.3 Å². The first-order valence-corrected chi connectivity index (χ1v) is 3.90. The molecular weight excluding hydrogens is 166 g/mol. The number of nitrogens with zero attached hydrogens (tertiary/aromatic N) is 1. The number of carbonyl (C=O) groups excluding carboxylic acids is 1. The summed E-state index contributed by atoms with van der Waals surface area (Å²) in [5.74, 6) is -0.249. The summed E-state index contributed by atoms with van der Waals surface area (Å²) in [7, 11) is 1.37. The molecule has 0 fully saturated rings. The highest BCUT2D eigenvalue weighted by atomic mass is 16.5. The monoisotopic (exact) mass is 177 g/mol. The Balaban J connectivity index is 2.77. The second kappa shape index (κ2) is 4.40. The SMILES string of the molecule is C=Cc1cc(CC(=O)OC)ccn1. The van der Waals surface area contributed by atoms with E-state index < -0.39 is 0 Å². The van der Waals surface area contributed by atoms with Crippen molar-refractivity contribution < 1.29 is 9.53 Å². The molecule has 0 aliphatic rings. The molecule has 1 aromatic heterocycles. The van der Waals surface area contributed by atoms with E-state index in [1.165, 1.54) is 7.11 Å². The molecule has 0 saturated heterocycles. The van der Waals surface area contributed by atoms with Gasteiger partial charge >= 0.3 is 5.97 Å². The van der Waals surface area contributed by atoms with Crippen LogP contribution in [0.15, 0.2) is 24.9 Å². The lowest BCUT2D eigenvalue weighted by atomic mass is 10.1. The standard InChI is InChI=1S/C10H11NO2/c1-3-9-6-8(4-5-11-9)7-10(12)13-2/h3-6H,1,7H2,2H3. The molecule has 0 N–H and O–H groups in total. The minimum Gasteiger partial charge on any atom is -0.469 e. The van der Waals surface area contributed by atoms with E-state index in [1.807, 2.05) is 6.07 Å². The smallest absolute Gasteiger partial charge is 0.309 e. The van der Waals surface area contributed by atoms with Gasteiger partial charge in [-0.2, -0.15) is 0 Å². The van der Waals surface area contributed by atoms with Crippen LogP contribution in [-0.2, 0) is 16.0 Å². The number of esters is 1. The summed E-state index contributed by atoms with van der Waals surface area (Å²) in [6, 6.07) is 3.59. The average molecular weight is 177 g/mol. The van der Waals surface area contributed by atoms with Crippen LogP contribution in [0.4, 0.5) is 0 Å². The molecule has 0 radical (unpaired) electrons. The number of ether oxygens (including phenoxy) is 1. The highest BCUT2D eigenvalue weighted by Gasteiger charge is 2.02. The fourth-order valence-corrected chi connectivity index (χ4v) is 0.955.